The number of nitrogens with one attached hydrogen (secondary N) is 3. The van der Waals surface area contributed by atoms with E-state index in [4.69, 9.17) is 11.6 Å². The summed E-state index contributed by atoms with van der Waals surface area (Å²) in [6.07, 6.45) is 4.68. The van der Waals surface area contributed by atoms with Crippen molar-refractivity contribution < 1.29 is 9.59 Å². The van der Waals surface area contributed by atoms with Gasteiger partial charge in [0.15, 0.2) is 0 Å². The average Bonchev–Trinajstić information content (AvgIpc) is 3.22. The Morgan fingerprint density at radius 1 is 1.21 bits per heavy atom. The Morgan fingerprint density at radius 2 is 2.04 bits per heavy atom. The molecule has 2 amide bonds. The van der Waals surface area contributed by atoms with E-state index < -0.39 is 0 Å². The number of hydrogen-bond donors (Lipinski definition) is 3. The second-order valence-electron chi connectivity index (χ2n) is 7.48. The molecule has 2 unspecified atom stereocenters. The van der Waals surface area contributed by atoms with Crippen LogP contribution >= 0.6 is 24.0 Å². The lowest BCUT2D eigenvalue weighted by Crippen LogP contribution is -2.45. The first-order valence-electron chi connectivity index (χ1n) is 9.89. The van der Waals surface area contributed by atoms with Crippen LogP contribution in [0.5, 0.6) is 0 Å². The van der Waals surface area contributed by atoms with E-state index in [0.29, 0.717) is 23.0 Å². The van der Waals surface area contributed by atoms with Crippen molar-refractivity contribution in [2.45, 2.75) is 38.1 Å². The van der Waals surface area contributed by atoms with Crippen molar-refractivity contribution >= 4 is 41.5 Å². The van der Waals surface area contributed by atoms with Crippen LogP contribution in [0.2, 0.25) is 5.02 Å². The van der Waals surface area contributed by atoms with Crippen LogP contribution in [0.25, 0.3) is 0 Å². The summed E-state index contributed by atoms with van der Waals surface area (Å²) in [6.45, 7) is 4.32. The third kappa shape index (κ3) is 6.92. The number of piperidine rings is 1. The molecular weight excluding hydrogens is 399 g/mol. The molecule has 156 valence electrons. The Balaban J connectivity index is 0.00000280. The van der Waals surface area contributed by atoms with Crippen LogP contribution < -0.4 is 16.0 Å². The summed E-state index contributed by atoms with van der Waals surface area (Å²) in [4.78, 5) is 26.6. The molecular formula is C20H30Cl2N4O2. The second kappa shape index (κ2) is 11.6. The molecule has 3 N–H and O–H groups in total. The Kier molecular flexibility index (Phi) is 9.51. The molecule has 0 saturated carbocycles. The summed E-state index contributed by atoms with van der Waals surface area (Å²) >= 11 is 6.08. The summed E-state index contributed by atoms with van der Waals surface area (Å²) in [5, 5.41) is 9.75. The number of rotatable bonds is 7. The highest BCUT2D eigenvalue weighted by molar-refractivity contribution is 6.33. The highest BCUT2D eigenvalue weighted by atomic mass is 35.5. The molecule has 1 aromatic rings. The van der Waals surface area contributed by atoms with Crippen LogP contribution in [0.1, 0.15) is 32.1 Å². The van der Waals surface area contributed by atoms with Crippen molar-refractivity contribution in [3.05, 3.63) is 29.3 Å². The maximum Gasteiger partial charge on any atom is 0.237 e. The minimum atomic E-state index is -0.0224. The van der Waals surface area contributed by atoms with Crippen LogP contribution in [-0.2, 0) is 9.59 Å². The summed E-state index contributed by atoms with van der Waals surface area (Å²) in [5.74, 6) is 0.560. The fraction of sp³-hybridized carbons (Fsp3) is 0.600. The standard InChI is InChI=1S/C20H29ClN4O2.ClH/c21-16-6-1-2-7-17(16)24-19(26)9-12-25-11-4-5-15(14-25)13-23-20(27)18-8-3-10-22-18;/h1-2,6-7,15,18,22H,3-5,8-14H2,(H,23,27)(H,24,26);1H. The number of hydrogen-bond acceptors (Lipinski definition) is 4. The van der Waals surface area contributed by atoms with E-state index in [1.807, 2.05) is 12.1 Å². The zero-order valence-corrected chi connectivity index (χ0v) is 17.7. The number of carbonyl (C=O) groups is 2. The SMILES string of the molecule is Cl.O=C(CCN1CCCC(CNC(=O)C2CCCN2)C1)Nc1ccccc1Cl. The molecule has 3 rings (SSSR count). The highest BCUT2D eigenvalue weighted by Gasteiger charge is 2.24. The van der Waals surface area contributed by atoms with Gasteiger partial charge in [0.25, 0.3) is 0 Å². The molecule has 2 saturated heterocycles. The van der Waals surface area contributed by atoms with Crippen LogP contribution in [0.15, 0.2) is 24.3 Å². The van der Waals surface area contributed by atoms with E-state index in [2.05, 4.69) is 20.9 Å². The van der Waals surface area contributed by atoms with Gasteiger partial charge in [-0.05, 0) is 56.8 Å². The van der Waals surface area contributed by atoms with Crippen molar-refractivity contribution in [2.75, 3.05) is 38.0 Å². The van der Waals surface area contributed by atoms with Gasteiger partial charge in [0.05, 0.1) is 16.8 Å². The second-order valence-corrected chi connectivity index (χ2v) is 7.89. The normalized spacial score (nSPS) is 22.3. The fourth-order valence-corrected chi connectivity index (χ4v) is 4.02. The number of nitrogens with zero attached hydrogens (tertiary/aromatic N) is 1. The lowest BCUT2D eigenvalue weighted by atomic mass is 9.97. The predicted octanol–water partition coefficient (Wildman–Crippen LogP) is 2.67. The first-order chi connectivity index (χ1) is 13.1. The topological polar surface area (TPSA) is 73.5 Å². The Labute approximate surface area is 178 Å². The number of carbonyl (C=O) groups excluding carboxylic acids is 2. The zero-order chi connectivity index (χ0) is 19.1. The van der Waals surface area contributed by atoms with E-state index in [0.717, 1.165) is 58.4 Å². The third-order valence-corrected chi connectivity index (χ3v) is 5.68. The summed E-state index contributed by atoms with van der Waals surface area (Å²) in [7, 11) is 0. The van der Waals surface area contributed by atoms with Gasteiger partial charge in [-0.2, -0.15) is 0 Å². The van der Waals surface area contributed by atoms with Gasteiger partial charge in [0.2, 0.25) is 11.8 Å². The van der Waals surface area contributed by atoms with Crippen LogP contribution in [0.3, 0.4) is 0 Å². The monoisotopic (exact) mass is 428 g/mol. The highest BCUT2D eigenvalue weighted by Crippen LogP contribution is 2.21. The fourth-order valence-electron chi connectivity index (χ4n) is 3.83. The number of anilines is 1. The summed E-state index contributed by atoms with van der Waals surface area (Å²) < 4.78 is 0. The van der Waals surface area contributed by atoms with E-state index in [1.54, 1.807) is 12.1 Å². The minimum Gasteiger partial charge on any atom is -0.354 e. The first kappa shape index (κ1) is 22.9. The molecule has 0 aromatic heterocycles. The lowest BCUT2D eigenvalue weighted by Gasteiger charge is -2.32. The van der Waals surface area contributed by atoms with E-state index >= 15 is 0 Å². The number of para-hydroxylation sites is 1. The van der Waals surface area contributed by atoms with Gasteiger partial charge in [0, 0.05) is 26.1 Å². The van der Waals surface area contributed by atoms with Gasteiger partial charge in [0.1, 0.15) is 0 Å². The molecule has 0 radical (unpaired) electrons. The van der Waals surface area contributed by atoms with E-state index in [9.17, 15) is 9.59 Å². The van der Waals surface area contributed by atoms with Gasteiger partial charge in [-0.25, -0.2) is 0 Å². The molecule has 2 aliphatic heterocycles. The maximum absolute atomic E-state index is 12.2. The van der Waals surface area contributed by atoms with Crippen molar-refractivity contribution in [1.82, 2.24) is 15.5 Å². The number of halogens is 2. The Hall–Kier alpha value is -1.34. The van der Waals surface area contributed by atoms with Crippen molar-refractivity contribution in [1.29, 1.82) is 0 Å². The molecule has 0 spiro atoms. The van der Waals surface area contributed by atoms with Gasteiger partial charge >= 0.3 is 0 Å². The molecule has 8 heteroatoms. The third-order valence-electron chi connectivity index (χ3n) is 5.35. The lowest BCUT2D eigenvalue weighted by molar-refractivity contribution is -0.123. The first-order valence-corrected chi connectivity index (χ1v) is 10.3. The summed E-state index contributed by atoms with van der Waals surface area (Å²) in [6, 6.07) is 7.25. The summed E-state index contributed by atoms with van der Waals surface area (Å²) in [5.41, 5.74) is 0.656. The molecule has 6 nitrogen and oxygen atoms in total. The molecule has 2 heterocycles. The molecule has 2 fully saturated rings. The Bertz CT molecular complexity index is 653. The number of amides is 2. The number of likely N-dealkylation sites (tertiary alicyclic amines) is 1. The van der Waals surface area contributed by atoms with Crippen molar-refractivity contribution in [2.24, 2.45) is 5.92 Å². The van der Waals surface area contributed by atoms with Gasteiger partial charge in [-0.15, -0.1) is 12.4 Å². The quantitative estimate of drug-likeness (QED) is 0.623. The molecule has 2 atom stereocenters. The molecule has 0 bridgehead atoms. The van der Waals surface area contributed by atoms with E-state index in [-0.39, 0.29) is 30.3 Å². The molecule has 1 aromatic carbocycles. The van der Waals surface area contributed by atoms with E-state index in [1.165, 1.54) is 0 Å². The van der Waals surface area contributed by atoms with Gasteiger partial charge < -0.3 is 20.9 Å². The average molecular weight is 429 g/mol. The molecule has 28 heavy (non-hydrogen) atoms. The van der Waals surface area contributed by atoms with Crippen LogP contribution in [0, 0.1) is 5.92 Å². The predicted molar refractivity (Wildman–Crippen MR) is 115 cm³/mol. The molecule has 2 aliphatic rings. The van der Waals surface area contributed by atoms with Gasteiger partial charge in [-0.3, -0.25) is 9.59 Å². The van der Waals surface area contributed by atoms with Crippen molar-refractivity contribution in [3.8, 4) is 0 Å². The molecule has 0 aliphatic carbocycles. The smallest absolute Gasteiger partial charge is 0.237 e. The minimum absolute atomic E-state index is 0. The number of benzene rings is 1. The van der Waals surface area contributed by atoms with Crippen LogP contribution in [0.4, 0.5) is 5.69 Å². The van der Waals surface area contributed by atoms with Crippen molar-refractivity contribution in [3.63, 3.8) is 0 Å². The Morgan fingerprint density at radius 3 is 2.79 bits per heavy atom. The maximum atomic E-state index is 12.2. The van der Waals surface area contributed by atoms with Gasteiger partial charge in [-0.1, -0.05) is 23.7 Å². The van der Waals surface area contributed by atoms with Crippen LogP contribution in [-0.4, -0.2) is 55.5 Å². The largest absolute Gasteiger partial charge is 0.354 e. The zero-order valence-electron chi connectivity index (χ0n) is 16.1.